The third kappa shape index (κ3) is 2.85. The van der Waals surface area contributed by atoms with Crippen molar-refractivity contribution >= 4 is 39.7 Å². The van der Waals surface area contributed by atoms with E-state index in [1.54, 1.807) is 24.3 Å². The van der Waals surface area contributed by atoms with E-state index in [4.69, 9.17) is 11.6 Å². The Balaban J connectivity index is 1.74. The highest BCUT2D eigenvalue weighted by atomic mass is 35.5. The summed E-state index contributed by atoms with van der Waals surface area (Å²) < 4.78 is 14.4. The van der Waals surface area contributed by atoms with Crippen LogP contribution >= 0.6 is 22.9 Å². The number of carbonyl (C=O) groups is 1. The summed E-state index contributed by atoms with van der Waals surface area (Å²) in [5.74, 6) is -0.910. The van der Waals surface area contributed by atoms with Gasteiger partial charge >= 0.3 is 0 Å². The van der Waals surface area contributed by atoms with Crippen LogP contribution in [0.3, 0.4) is 0 Å². The van der Waals surface area contributed by atoms with Gasteiger partial charge in [0.25, 0.3) is 5.91 Å². The van der Waals surface area contributed by atoms with Crippen molar-refractivity contribution in [3.63, 3.8) is 0 Å². The number of aromatic amines is 1. The normalized spacial score (nSPS) is 12.5. The number of aliphatic hydroxyl groups is 1. The van der Waals surface area contributed by atoms with Crippen LogP contribution in [0.2, 0.25) is 4.34 Å². The Morgan fingerprint density at radius 1 is 1.41 bits per heavy atom. The number of thiophene rings is 1. The molecule has 2 heterocycles. The number of benzene rings is 1. The van der Waals surface area contributed by atoms with Crippen molar-refractivity contribution < 1.29 is 14.3 Å². The SMILES string of the molecule is O=C(NCC(O)c1ccc(Cl)s1)c1c[nH]c2cccc(F)c12. The lowest BCUT2D eigenvalue weighted by molar-refractivity contribution is 0.0919. The van der Waals surface area contributed by atoms with Crippen LogP contribution in [0.25, 0.3) is 10.9 Å². The summed E-state index contributed by atoms with van der Waals surface area (Å²) in [6, 6.07) is 7.95. The summed E-state index contributed by atoms with van der Waals surface area (Å²) in [7, 11) is 0. The number of hydrogen-bond donors (Lipinski definition) is 3. The molecule has 0 saturated heterocycles. The summed E-state index contributed by atoms with van der Waals surface area (Å²) >= 11 is 7.05. The molecular weight excluding hydrogens is 327 g/mol. The lowest BCUT2D eigenvalue weighted by atomic mass is 10.1. The molecule has 0 fully saturated rings. The molecule has 2 aromatic heterocycles. The van der Waals surface area contributed by atoms with Gasteiger partial charge in [-0.1, -0.05) is 17.7 Å². The topological polar surface area (TPSA) is 65.1 Å². The Hall–Kier alpha value is -1.89. The molecule has 0 aliphatic heterocycles. The molecule has 7 heteroatoms. The molecule has 0 saturated carbocycles. The smallest absolute Gasteiger partial charge is 0.253 e. The summed E-state index contributed by atoms with van der Waals surface area (Å²) in [5, 5.41) is 12.8. The second-order valence-electron chi connectivity index (χ2n) is 4.73. The Labute approximate surface area is 134 Å². The first kappa shape index (κ1) is 15.0. The Morgan fingerprint density at radius 2 is 2.23 bits per heavy atom. The molecule has 0 bridgehead atoms. The minimum atomic E-state index is -0.850. The number of hydrogen-bond acceptors (Lipinski definition) is 3. The molecular formula is C15H12ClFN2O2S. The van der Waals surface area contributed by atoms with Crippen LogP contribution in [0.15, 0.2) is 36.5 Å². The van der Waals surface area contributed by atoms with Crippen molar-refractivity contribution in [3.05, 3.63) is 57.1 Å². The fourth-order valence-corrected chi connectivity index (χ4v) is 3.26. The number of halogens is 2. The van der Waals surface area contributed by atoms with Crippen LogP contribution in [0, 0.1) is 5.82 Å². The summed E-state index contributed by atoms with van der Waals surface area (Å²) in [6.45, 7) is 0.0246. The van der Waals surface area contributed by atoms with Gasteiger partial charge in [-0.15, -0.1) is 11.3 Å². The van der Waals surface area contributed by atoms with E-state index in [-0.39, 0.29) is 17.5 Å². The summed E-state index contributed by atoms with van der Waals surface area (Å²) in [4.78, 5) is 15.7. The van der Waals surface area contributed by atoms with Gasteiger partial charge in [0.2, 0.25) is 0 Å². The standard InChI is InChI=1S/C15H12ClFN2O2S/c16-13-5-4-12(22-13)11(20)7-19-15(21)8-6-18-10-3-1-2-9(17)14(8)10/h1-6,11,18,20H,7H2,(H,19,21). The van der Waals surface area contributed by atoms with Gasteiger partial charge in [0.05, 0.1) is 9.90 Å². The zero-order valence-electron chi connectivity index (χ0n) is 11.3. The quantitative estimate of drug-likeness (QED) is 0.682. The van der Waals surface area contributed by atoms with Crippen LogP contribution in [0.5, 0.6) is 0 Å². The minimum absolute atomic E-state index is 0.0246. The maximum absolute atomic E-state index is 13.8. The fourth-order valence-electron chi connectivity index (χ4n) is 2.21. The largest absolute Gasteiger partial charge is 0.386 e. The Kier molecular flexibility index (Phi) is 4.15. The van der Waals surface area contributed by atoms with Crippen molar-refractivity contribution in [2.24, 2.45) is 0 Å². The van der Waals surface area contributed by atoms with Crippen molar-refractivity contribution in [1.29, 1.82) is 0 Å². The number of fused-ring (bicyclic) bond motifs is 1. The van der Waals surface area contributed by atoms with Gasteiger partial charge in [-0.05, 0) is 24.3 Å². The molecule has 22 heavy (non-hydrogen) atoms. The van der Waals surface area contributed by atoms with E-state index in [0.29, 0.717) is 14.7 Å². The number of rotatable bonds is 4. The van der Waals surface area contributed by atoms with Gasteiger partial charge in [-0.3, -0.25) is 4.79 Å². The highest BCUT2D eigenvalue weighted by molar-refractivity contribution is 7.16. The molecule has 4 nitrogen and oxygen atoms in total. The second kappa shape index (κ2) is 6.08. The highest BCUT2D eigenvalue weighted by Gasteiger charge is 2.17. The van der Waals surface area contributed by atoms with Crippen molar-refractivity contribution in [2.45, 2.75) is 6.10 Å². The first-order valence-electron chi connectivity index (χ1n) is 6.53. The zero-order valence-corrected chi connectivity index (χ0v) is 12.8. The maximum Gasteiger partial charge on any atom is 0.253 e. The molecule has 0 aliphatic rings. The van der Waals surface area contributed by atoms with Crippen LogP contribution in [-0.2, 0) is 0 Å². The van der Waals surface area contributed by atoms with E-state index in [9.17, 15) is 14.3 Å². The molecule has 3 rings (SSSR count). The van der Waals surface area contributed by atoms with Gasteiger partial charge in [-0.25, -0.2) is 4.39 Å². The minimum Gasteiger partial charge on any atom is -0.386 e. The van der Waals surface area contributed by atoms with Gasteiger partial charge < -0.3 is 15.4 Å². The molecule has 0 aliphatic carbocycles. The van der Waals surface area contributed by atoms with E-state index < -0.39 is 17.8 Å². The Bertz CT molecular complexity index is 830. The second-order valence-corrected chi connectivity index (χ2v) is 6.48. The number of H-pyrrole nitrogens is 1. The van der Waals surface area contributed by atoms with Gasteiger partial charge in [0.15, 0.2) is 0 Å². The summed E-state index contributed by atoms with van der Waals surface area (Å²) in [6.07, 6.45) is 0.605. The highest BCUT2D eigenvalue weighted by Crippen LogP contribution is 2.26. The van der Waals surface area contributed by atoms with Crippen molar-refractivity contribution in [2.75, 3.05) is 6.54 Å². The zero-order chi connectivity index (χ0) is 15.7. The van der Waals surface area contributed by atoms with Crippen LogP contribution in [0.1, 0.15) is 21.3 Å². The Morgan fingerprint density at radius 3 is 2.95 bits per heavy atom. The summed E-state index contributed by atoms with van der Waals surface area (Å²) in [5.41, 5.74) is 0.764. The molecule has 1 aromatic carbocycles. The van der Waals surface area contributed by atoms with E-state index >= 15 is 0 Å². The predicted molar refractivity (Wildman–Crippen MR) is 84.9 cm³/mol. The number of aliphatic hydroxyl groups excluding tert-OH is 1. The average molecular weight is 339 g/mol. The number of carbonyl (C=O) groups excluding carboxylic acids is 1. The molecule has 1 unspecified atom stereocenters. The van der Waals surface area contributed by atoms with Gasteiger partial charge in [-0.2, -0.15) is 0 Å². The third-order valence-corrected chi connectivity index (χ3v) is 4.61. The van der Waals surface area contributed by atoms with E-state index in [1.807, 2.05) is 0 Å². The van der Waals surface area contributed by atoms with Crippen LogP contribution in [-0.4, -0.2) is 22.5 Å². The monoisotopic (exact) mass is 338 g/mol. The first-order chi connectivity index (χ1) is 10.6. The average Bonchev–Trinajstić information content (AvgIpc) is 3.11. The molecule has 3 aromatic rings. The number of aromatic nitrogens is 1. The van der Waals surface area contributed by atoms with Crippen molar-refractivity contribution in [3.8, 4) is 0 Å². The number of amides is 1. The van der Waals surface area contributed by atoms with E-state index in [2.05, 4.69) is 10.3 Å². The fraction of sp³-hybridized carbons (Fsp3) is 0.133. The third-order valence-electron chi connectivity index (χ3n) is 3.28. The van der Waals surface area contributed by atoms with Crippen LogP contribution < -0.4 is 5.32 Å². The molecule has 1 amide bonds. The number of nitrogens with one attached hydrogen (secondary N) is 2. The first-order valence-corrected chi connectivity index (χ1v) is 7.73. The predicted octanol–water partition coefficient (Wildman–Crippen LogP) is 3.49. The van der Waals surface area contributed by atoms with Gasteiger partial charge in [0, 0.05) is 28.5 Å². The maximum atomic E-state index is 13.8. The molecule has 114 valence electrons. The van der Waals surface area contributed by atoms with Crippen molar-refractivity contribution in [1.82, 2.24) is 10.3 Å². The van der Waals surface area contributed by atoms with E-state index in [1.165, 1.54) is 23.6 Å². The lowest BCUT2D eigenvalue weighted by Gasteiger charge is -2.10. The van der Waals surface area contributed by atoms with E-state index in [0.717, 1.165) is 0 Å². The molecule has 3 N–H and O–H groups in total. The molecule has 1 atom stereocenters. The van der Waals surface area contributed by atoms with Gasteiger partial charge in [0.1, 0.15) is 11.9 Å². The molecule has 0 radical (unpaired) electrons. The molecule has 0 spiro atoms. The van der Waals surface area contributed by atoms with Crippen LogP contribution in [0.4, 0.5) is 4.39 Å². The lowest BCUT2D eigenvalue weighted by Crippen LogP contribution is -2.28.